The van der Waals surface area contributed by atoms with Gasteiger partial charge in [-0.1, -0.05) is 12.1 Å². The van der Waals surface area contributed by atoms with Gasteiger partial charge in [-0.05, 0) is 49.1 Å². The van der Waals surface area contributed by atoms with E-state index in [0.29, 0.717) is 18.5 Å². The van der Waals surface area contributed by atoms with Crippen LogP contribution in [0.15, 0.2) is 36.7 Å². The number of nitrogens with zero attached hydrogens (tertiary/aromatic N) is 2. The molecule has 7 heteroatoms. The van der Waals surface area contributed by atoms with Crippen LogP contribution in [0.25, 0.3) is 0 Å². The maximum atomic E-state index is 12.8. The lowest BCUT2D eigenvalue weighted by molar-refractivity contribution is -0.137. The van der Waals surface area contributed by atoms with Gasteiger partial charge in [-0.3, -0.25) is 4.68 Å². The van der Waals surface area contributed by atoms with E-state index in [2.05, 4.69) is 10.4 Å². The lowest BCUT2D eigenvalue weighted by Crippen LogP contribution is -2.24. The number of aliphatic hydroxyl groups excluding tert-OH is 1. The quantitative estimate of drug-likeness (QED) is 0.726. The molecular weight excluding hydrogens is 319 g/mol. The molecule has 2 aromatic rings. The van der Waals surface area contributed by atoms with Crippen molar-refractivity contribution in [3.63, 3.8) is 0 Å². The van der Waals surface area contributed by atoms with Crippen LogP contribution in [0.1, 0.15) is 35.6 Å². The molecule has 0 saturated carbocycles. The topological polar surface area (TPSA) is 50.1 Å². The number of aromatic nitrogens is 2. The van der Waals surface area contributed by atoms with Crippen molar-refractivity contribution < 1.29 is 18.3 Å². The molecule has 0 fully saturated rings. The Balaban J connectivity index is 1.93. The van der Waals surface area contributed by atoms with E-state index in [1.165, 1.54) is 6.07 Å². The van der Waals surface area contributed by atoms with Crippen molar-refractivity contribution in [2.45, 2.75) is 31.5 Å². The number of aliphatic hydroxyl groups is 1. The smallest absolute Gasteiger partial charge is 0.396 e. The van der Waals surface area contributed by atoms with Gasteiger partial charge < -0.3 is 10.4 Å². The van der Waals surface area contributed by atoms with Crippen molar-refractivity contribution in [2.24, 2.45) is 7.05 Å². The summed E-state index contributed by atoms with van der Waals surface area (Å²) in [5, 5.41) is 16.5. The van der Waals surface area contributed by atoms with Gasteiger partial charge in [-0.15, -0.1) is 0 Å². The van der Waals surface area contributed by atoms with Crippen molar-refractivity contribution in [3.8, 4) is 0 Å². The van der Waals surface area contributed by atoms with Crippen LogP contribution >= 0.6 is 0 Å². The average Bonchev–Trinajstić information content (AvgIpc) is 2.95. The van der Waals surface area contributed by atoms with Crippen molar-refractivity contribution >= 4 is 0 Å². The average molecular weight is 341 g/mol. The van der Waals surface area contributed by atoms with Gasteiger partial charge in [0.2, 0.25) is 0 Å². The number of nitrogens with one attached hydrogen (secondary N) is 1. The van der Waals surface area contributed by atoms with Gasteiger partial charge in [0.1, 0.15) is 0 Å². The fourth-order valence-electron chi connectivity index (χ4n) is 2.62. The lowest BCUT2D eigenvalue weighted by atomic mass is 10.0. The highest BCUT2D eigenvalue weighted by Gasteiger charge is 2.30. The number of aryl methyl sites for hydroxylation is 2. The molecule has 1 heterocycles. The molecule has 0 spiro atoms. The van der Waals surface area contributed by atoms with E-state index in [0.717, 1.165) is 30.5 Å². The van der Waals surface area contributed by atoms with E-state index < -0.39 is 11.7 Å². The van der Waals surface area contributed by atoms with Crippen molar-refractivity contribution in [3.05, 3.63) is 53.3 Å². The van der Waals surface area contributed by atoms with E-state index in [9.17, 15) is 18.3 Å². The predicted molar refractivity (Wildman–Crippen MR) is 85.4 cm³/mol. The first-order chi connectivity index (χ1) is 11.4. The van der Waals surface area contributed by atoms with Crippen LogP contribution in [0, 0.1) is 0 Å². The molecule has 2 N–H and O–H groups in total. The zero-order chi connectivity index (χ0) is 17.6. The summed E-state index contributed by atoms with van der Waals surface area (Å²) in [5.74, 6) is 0. The van der Waals surface area contributed by atoms with Gasteiger partial charge in [-0.25, -0.2) is 0 Å². The molecule has 0 aliphatic heterocycles. The zero-order valence-corrected chi connectivity index (χ0v) is 13.6. The summed E-state index contributed by atoms with van der Waals surface area (Å²) in [4.78, 5) is 0. The molecule has 0 saturated heterocycles. The van der Waals surface area contributed by atoms with E-state index >= 15 is 0 Å². The highest BCUT2D eigenvalue weighted by molar-refractivity contribution is 5.28. The summed E-state index contributed by atoms with van der Waals surface area (Å²) in [6.07, 6.45) is 1.44. The van der Waals surface area contributed by atoms with E-state index in [1.54, 1.807) is 16.9 Å². The van der Waals surface area contributed by atoms with Gasteiger partial charge in [0.05, 0.1) is 11.8 Å². The first-order valence-corrected chi connectivity index (χ1v) is 7.89. The molecule has 0 radical (unpaired) electrons. The maximum absolute atomic E-state index is 12.8. The summed E-state index contributed by atoms with van der Waals surface area (Å²) >= 11 is 0. The number of benzene rings is 1. The van der Waals surface area contributed by atoms with Gasteiger partial charge in [-0.2, -0.15) is 18.3 Å². The van der Waals surface area contributed by atoms with Crippen LogP contribution in [0.4, 0.5) is 13.2 Å². The van der Waals surface area contributed by atoms with Crippen LogP contribution in [0.2, 0.25) is 0 Å². The third kappa shape index (κ3) is 5.35. The Bertz CT molecular complexity index is 640. The number of rotatable bonds is 8. The third-order valence-electron chi connectivity index (χ3n) is 3.83. The Kier molecular flexibility index (Phi) is 6.39. The van der Waals surface area contributed by atoms with Gasteiger partial charge >= 0.3 is 6.18 Å². The van der Waals surface area contributed by atoms with Crippen LogP contribution in [-0.4, -0.2) is 28.0 Å². The molecule has 0 bridgehead atoms. The van der Waals surface area contributed by atoms with Gasteiger partial charge in [0.25, 0.3) is 0 Å². The molecular formula is C17H22F3N3O. The second kappa shape index (κ2) is 8.30. The molecule has 0 aliphatic rings. The summed E-state index contributed by atoms with van der Waals surface area (Å²) in [6.45, 7) is 0.562. The number of alkyl halides is 3. The zero-order valence-electron chi connectivity index (χ0n) is 13.6. The molecule has 4 nitrogen and oxygen atoms in total. The molecule has 0 amide bonds. The largest absolute Gasteiger partial charge is 0.416 e. The summed E-state index contributed by atoms with van der Waals surface area (Å²) in [7, 11) is 1.85. The Morgan fingerprint density at radius 1 is 1.33 bits per heavy atom. The highest BCUT2D eigenvalue weighted by atomic mass is 19.4. The first-order valence-electron chi connectivity index (χ1n) is 7.89. The second-order valence-electron chi connectivity index (χ2n) is 5.77. The minimum Gasteiger partial charge on any atom is -0.396 e. The number of hydrogen-bond donors (Lipinski definition) is 2. The highest BCUT2D eigenvalue weighted by Crippen LogP contribution is 2.31. The number of hydrogen-bond acceptors (Lipinski definition) is 3. The Hall–Kier alpha value is -1.86. The fraction of sp³-hybridized carbons (Fsp3) is 0.471. The minimum atomic E-state index is -4.36. The molecule has 1 aromatic carbocycles. The monoisotopic (exact) mass is 341 g/mol. The van der Waals surface area contributed by atoms with E-state index in [-0.39, 0.29) is 12.6 Å². The summed E-state index contributed by atoms with van der Waals surface area (Å²) in [5.41, 5.74) is 0.998. The summed E-state index contributed by atoms with van der Waals surface area (Å²) in [6, 6.07) is 4.96. The Morgan fingerprint density at radius 2 is 2.12 bits per heavy atom. The van der Waals surface area contributed by atoms with Crippen molar-refractivity contribution in [1.82, 2.24) is 15.1 Å². The van der Waals surface area contributed by atoms with Crippen molar-refractivity contribution in [1.29, 1.82) is 0 Å². The first kappa shape index (κ1) is 18.5. The molecule has 0 aliphatic carbocycles. The lowest BCUT2D eigenvalue weighted by Gasteiger charge is -2.19. The molecule has 1 atom stereocenters. The van der Waals surface area contributed by atoms with Gasteiger partial charge in [0, 0.05) is 25.9 Å². The molecule has 132 valence electrons. The predicted octanol–water partition coefficient (Wildman–Crippen LogP) is 3.08. The molecule has 1 unspecified atom stereocenters. The maximum Gasteiger partial charge on any atom is 0.416 e. The Labute approximate surface area is 139 Å². The van der Waals surface area contributed by atoms with E-state index in [1.807, 2.05) is 13.2 Å². The van der Waals surface area contributed by atoms with Crippen LogP contribution in [0.3, 0.4) is 0 Å². The summed E-state index contributed by atoms with van der Waals surface area (Å²) < 4.78 is 40.2. The Morgan fingerprint density at radius 3 is 2.75 bits per heavy atom. The molecule has 24 heavy (non-hydrogen) atoms. The molecule has 2 rings (SSSR count). The fourth-order valence-corrected chi connectivity index (χ4v) is 2.62. The minimum absolute atomic E-state index is 0.0868. The van der Waals surface area contributed by atoms with Crippen LogP contribution < -0.4 is 5.32 Å². The normalized spacial score (nSPS) is 13.2. The van der Waals surface area contributed by atoms with Crippen molar-refractivity contribution in [2.75, 3.05) is 13.2 Å². The van der Waals surface area contributed by atoms with E-state index in [4.69, 9.17) is 0 Å². The standard InChI is InChI=1S/C17H22F3N3O/c1-23-12-13(11-22-23)4-3-8-21-16(7-9-24)14-5-2-6-15(10-14)17(18,19)20/h2,5-6,10-12,16,21,24H,3-4,7-9H2,1H3. The van der Waals surface area contributed by atoms with Crippen LogP contribution in [-0.2, 0) is 19.6 Å². The SMILES string of the molecule is Cn1cc(CCCNC(CCO)c2cccc(C(F)(F)F)c2)cn1. The van der Waals surface area contributed by atoms with Crippen LogP contribution in [0.5, 0.6) is 0 Å². The third-order valence-corrected chi connectivity index (χ3v) is 3.83. The number of halogens is 3. The molecule has 1 aromatic heterocycles. The second-order valence-corrected chi connectivity index (χ2v) is 5.77. The van der Waals surface area contributed by atoms with Gasteiger partial charge in [0.15, 0.2) is 0 Å².